The SMILES string of the molecule is CNC(=O)C[NH2+][C@@H](C)C(=O)Nc1cccc(C(C)=O)c1. The van der Waals surface area contributed by atoms with Gasteiger partial charge in [-0.3, -0.25) is 14.4 Å². The molecule has 0 unspecified atom stereocenters. The van der Waals surface area contributed by atoms with Crippen molar-refractivity contribution in [3.05, 3.63) is 29.8 Å². The van der Waals surface area contributed by atoms with Crippen molar-refractivity contribution in [1.29, 1.82) is 0 Å². The summed E-state index contributed by atoms with van der Waals surface area (Å²) in [5.41, 5.74) is 1.12. The molecule has 0 aromatic heterocycles. The fourth-order valence-electron chi connectivity index (χ4n) is 1.56. The molecule has 1 rings (SSSR count). The van der Waals surface area contributed by atoms with E-state index < -0.39 is 6.04 Å². The zero-order chi connectivity index (χ0) is 15.1. The Bertz CT molecular complexity index is 514. The molecule has 0 bridgehead atoms. The molecule has 0 heterocycles. The van der Waals surface area contributed by atoms with Gasteiger partial charge in [0.2, 0.25) is 0 Å². The summed E-state index contributed by atoms with van der Waals surface area (Å²) in [7, 11) is 1.55. The third-order valence-electron chi connectivity index (χ3n) is 2.89. The lowest BCUT2D eigenvalue weighted by atomic mass is 10.1. The maximum atomic E-state index is 11.9. The van der Waals surface area contributed by atoms with Crippen molar-refractivity contribution < 1.29 is 19.7 Å². The lowest BCUT2D eigenvalue weighted by molar-refractivity contribution is -0.662. The van der Waals surface area contributed by atoms with E-state index in [1.165, 1.54) is 6.92 Å². The van der Waals surface area contributed by atoms with Crippen molar-refractivity contribution in [3.63, 3.8) is 0 Å². The van der Waals surface area contributed by atoms with E-state index in [2.05, 4.69) is 10.6 Å². The second-order valence-electron chi connectivity index (χ2n) is 4.53. The Morgan fingerprint density at radius 2 is 2.00 bits per heavy atom. The molecule has 0 aliphatic carbocycles. The highest BCUT2D eigenvalue weighted by atomic mass is 16.2. The minimum atomic E-state index is -0.395. The second-order valence-corrected chi connectivity index (χ2v) is 4.53. The monoisotopic (exact) mass is 278 g/mol. The summed E-state index contributed by atoms with van der Waals surface area (Å²) in [5, 5.41) is 6.86. The number of benzene rings is 1. The molecule has 108 valence electrons. The number of nitrogens with one attached hydrogen (secondary N) is 2. The first kappa shape index (κ1) is 15.8. The van der Waals surface area contributed by atoms with Crippen LogP contribution in [0.3, 0.4) is 0 Å². The highest BCUT2D eigenvalue weighted by molar-refractivity contribution is 5.98. The van der Waals surface area contributed by atoms with Crippen LogP contribution in [-0.2, 0) is 9.59 Å². The first-order valence-electron chi connectivity index (χ1n) is 6.39. The summed E-state index contributed by atoms with van der Waals surface area (Å²) in [6.07, 6.45) is 0. The summed E-state index contributed by atoms with van der Waals surface area (Å²) in [4.78, 5) is 34.3. The highest BCUT2D eigenvalue weighted by Gasteiger charge is 2.17. The summed E-state index contributed by atoms with van der Waals surface area (Å²) in [5.74, 6) is -0.404. The Labute approximate surface area is 117 Å². The number of likely N-dealkylation sites (N-methyl/N-ethyl adjacent to an activating group) is 1. The maximum Gasteiger partial charge on any atom is 0.282 e. The minimum Gasteiger partial charge on any atom is -0.354 e. The van der Waals surface area contributed by atoms with Gasteiger partial charge in [0.05, 0.1) is 0 Å². The average molecular weight is 278 g/mol. The van der Waals surface area contributed by atoms with Crippen molar-refractivity contribution in [2.24, 2.45) is 0 Å². The molecule has 0 aliphatic heterocycles. The topological polar surface area (TPSA) is 91.9 Å². The number of rotatable bonds is 6. The molecule has 1 aromatic rings. The van der Waals surface area contributed by atoms with Crippen LogP contribution in [0.1, 0.15) is 24.2 Å². The van der Waals surface area contributed by atoms with E-state index in [4.69, 9.17) is 0 Å². The van der Waals surface area contributed by atoms with Gasteiger partial charge in [-0.25, -0.2) is 0 Å². The molecule has 4 N–H and O–H groups in total. The molecule has 1 atom stereocenters. The number of quaternary nitrogens is 1. The van der Waals surface area contributed by atoms with Gasteiger partial charge < -0.3 is 16.0 Å². The van der Waals surface area contributed by atoms with Gasteiger partial charge in [0, 0.05) is 18.3 Å². The molecule has 6 nitrogen and oxygen atoms in total. The van der Waals surface area contributed by atoms with Crippen LogP contribution in [0.15, 0.2) is 24.3 Å². The van der Waals surface area contributed by atoms with Gasteiger partial charge in [0.1, 0.15) is 0 Å². The Morgan fingerprint density at radius 1 is 1.30 bits per heavy atom. The Morgan fingerprint density at radius 3 is 2.60 bits per heavy atom. The lowest BCUT2D eigenvalue weighted by Crippen LogP contribution is -2.93. The van der Waals surface area contributed by atoms with Crippen LogP contribution in [0.5, 0.6) is 0 Å². The van der Waals surface area contributed by atoms with E-state index in [0.717, 1.165) is 0 Å². The predicted molar refractivity (Wildman–Crippen MR) is 75.4 cm³/mol. The van der Waals surface area contributed by atoms with Crippen LogP contribution in [-0.4, -0.2) is 37.2 Å². The molecule has 0 fully saturated rings. The Kier molecular flexibility index (Phi) is 5.86. The van der Waals surface area contributed by atoms with E-state index in [-0.39, 0.29) is 24.1 Å². The largest absolute Gasteiger partial charge is 0.354 e. The standard InChI is InChI=1S/C14H19N3O3/c1-9(16-8-13(19)15-3)14(20)17-12-6-4-5-11(7-12)10(2)18/h4-7,9,16H,8H2,1-3H3,(H,15,19)(H,17,20)/p+1/t9-/m0/s1. The first-order valence-corrected chi connectivity index (χ1v) is 6.39. The van der Waals surface area contributed by atoms with Crippen LogP contribution in [0.4, 0.5) is 5.69 Å². The number of amides is 2. The molecular formula is C14H20N3O3+. The minimum absolute atomic E-state index is 0.0553. The number of ketones is 1. The van der Waals surface area contributed by atoms with Crippen LogP contribution in [0.2, 0.25) is 0 Å². The zero-order valence-electron chi connectivity index (χ0n) is 11.9. The van der Waals surface area contributed by atoms with Gasteiger partial charge >= 0.3 is 0 Å². The molecule has 2 amide bonds. The van der Waals surface area contributed by atoms with Gasteiger partial charge in [-0.05, 0) is 26.0 Å². The van der Waals surface area contributed by atoms with Crippen LogP contribution < -0.4 is 16.0 Å². The molecule has 0 radical (unpaired) electrons. The third kappa shape index (κ3) is 4.81. The van der Waals surface area contributed by atoms with Crippen LogP contribution in [0, 0.1) is 0 Å². The summed E-state index contributed by atoms with van der Waals surface area (Å²) in [6.45, 7) is 3.38. The van der Waals surface area contributed by atoms with E-state index >= 15 is 0 Å². The van der Waals surface area contributed by atoms with Gasteiger partial charge in [-0.1, -0.05) is 12.1 Å². The molecular weight excluding hydrogens is 258 g/mol. The van der Waals surface area contributed by atoms with Gasteiger partial charge in [-0.2, -0.15) is 0 Å². The normalized spacial score (nSPS) is 11.6. The molecule has 0 spiro atoms. The smallest absolute Gasteiger partial charge is 0.282 e. The van der Waals surface area contributed by atoms with Crippen LogP contribution in [0.25, 0.3) is 0 Å². The number of carbonyl (C=O) groups excluding carboxylic acids is 3. The van der Waals surface area contributed by atoms with E-state index in [1.807, 2.05) is 0 Å². The fourth-order valence-corrected chi connectivity index (χ4v) is 1.56. The average Bonchev–Trinajstić information content (AvgIpc) is 2.44. The summed E-state index contributed by atoms with van der Waals surface area (Å²) in [6, 6.07) is 6.36. The predicted octanol–water partition coefficient (Wildman–Crippen LogP) is -0.474. The summed E-state index contributed by atoms with van der Waals surface area (Å²) < 4.78 is 0. The number of Topliss-reactive ketones (excluding diaryl/α,β-unsaturated/α-hetero) is 1. The van der Waals surface area contributed by atoms with Gasteiger partial charge in [0.25, 0.3) is 11.8 Å². The molecule has 0 saturated heterocycles. The number of anilines is 1. The fraction of sp³-hybridized carbons (Fsp3) is 0.357. The maximum absolute atomic E-state index is 11.9. The molecule has 1 aromatic carbocycles. The molecule has 20 heavy (non-hydrogen) atoms. The quantitative estimate of drug-likeness (QED) is 0.614. The van der Waals surface area contributed by atoms with E-state index in [9.17, 15) is 14.4 Å². The molecule has 0 saturated carbocycles. The van der Waals surface area contributed by atoms with Crippen molar-refractivity contribution in [1.82, 2.24) is 5.32 Å². The van der Waals surface area contributed by atoms with Crippen molar-refractivity contribution in [2.45, 2.75) is 19.9 Å². The lowest BCUT2D eigenvalue weighted by Gasteiger charge is -2.11. The number of hydrogen-bond donors (Lipinski definition) is 3. The summed E-state index contributed by atoms with van der Waals surface area (Å²) >= 11 is 0. The zero-order valence-corrected chi connectivity index (χ0v) is 11.9. The second kappa shape index (κ2) is 7.40. The first-order chi connectivity index (χ1) is 9.43. The van der Waals surface area contributed by atoms with Crippen LogP contribution >= 0.6 is 0 Å². The van der Waals surface area contributed by atoms with Crippen molar-refractivity contribution >= 4 is 23.3 Å². The van der Waals surface area contributed by atoms with Gasteiger partial charge in [-0.15, -0.1) is 0 Å². The molecule has 6 heteroatoms. The molecule has 0 aliphatic rings. The number of nitrogens with two attached hydrogens (primary N) is 1. The van der Waals surface area contributed by atoms with E-state index in [0.29, 0.717) is 11.3 Å². The third-order valence-corrected chi connectivity index (χ3v) is 2.89. The number of carbonyl (C=O) groups is 3. The van der Waals surface area contributed by atoms with E-state index in [1.54, 1.807) is 43.6 Å². The van der Waals surface area contributed by atoms with Crippen molar-refractivity contribution in [3.8, 4) is 0 Å². The Hall–Kier alpha value is -2.21. The number of hydrogen-bond acceptors (Lipinski definition) is 3. The van der Waals surface area contributed by atoms with Crippen molar-refractivity contribution in [2.75, 3.05) is 18.9 Å². The van der Waals surface area contributed by atoms with Gasteiger partial charge in [0.15, 0.2) is 18.4 Å². The highest BCUT2D eigenvalue weighted by Crippen LogP contribution is 2.11. The Balaban J connectivity index is 2.59.